The van der Waals surface area contributed by atoms with Crippen LogP contribution in [0.5, 0.6) is 0 Å². The molecule has 6 heteroatoms. The number of carbonyl (C=O) groups is 2. The van der Waals surface area contributed by atoms with Crippen LogP contribution in [0.2, 0.25) is 0 Å². The first kappa shape index (κ1) is 16.9. The average Bonchev–Trinajstić information content (AvgIpc) is 2.49. The second kappa shape index (κ2) is 8.94. The third-order valence-corrected chi connectivity index (χ3v) is 3.04. The minimum Gasteiger partial charge on any atom is -0.462 e. The molecule has 0 saturated carbocycles. The first-order valence-electron chi connectivity index (χ1n) is 7.27. The Balaban J connectivity index is 2.43. The molecular formula is C15H23N3O3. The number of rotatable bonds is 8. The summed E-state index contributed by atoms with van der Waals surface area (Å²) in [7, 11) is 0. The molecule has 0 atom stereocenters. The zero-order chi connectivity index (χ0) is 15.7. The van der Waals surface area contributed by atoms with Crippen LogP contribution in [0, 0.1) is 0 Å². The Morgan fingerprint density at radius 2 is 1.95 bits per heavy atom. The molecule has 1 amide bonds. The van der Waals surface area contributed by atoms with E-state index < -0.39 is 0 Å². The first-order chi connectivity index (χ1) is 10.1. The van der Waals surface area contributed by atoms with Gasteiger partial charge in [-0.15, -0.1) is 0 Å². The van der Waals surface area contributed by atoms with E-state index >= 15 is 0 Å². The largest absolute Gasteiger partial charge is 0.462 e. The molecule has 0 aliphatic heterocycles. The molecule has 0 aromatic carbocycles. The topological polar surface area (TPSA) is 71.5 Å². The van der Waals surface area contributed by atoms with Gasteiger partial charge in [0.05, 0.1) is 12.2 Å². The fourth-order valence-corrected chi connectivity index (χ4v) is 1.87. The zero-order valence-electron chi connectivity index (χ0n) is 12.9. The van der Waals surface area contributed by atoms with Gasteiger partial charge in [-0.05, 0) is 32.9 Å². The lowest BCUT2D eigenvalue weighted by Gasteiger charge is -2.18. The van der Waals surface area contributed by atoms with Gasteiger partial charge in [-0.3, -0.25) is 4.79 Å². The maximum atomic E-state index is 11.8. The van der Waals surface area contributed by atoms with Crippen molar-refractivity contribution in [2.45, 2.75) is 27.2 Å². The first-order valence-corrected chi connectivity index (χ1v) is 7.27. The molecule has 21 heavy (non-hydrogen) atoms. The molecule has 1 N–H and O–H groups in total. The van der Waals surface area contributed by atoms with E-state index in [0.717, 1.165) is 13.1 Å². The van der Waals surface area contributed by atoms with Crippen LogP contribution in [0.1, 0.15) is 37.6 Å². The van der Waals surface area contributed by atoms with Crippen molar-refractivity contribution in [3.63, 3.8) is 0 Å². The van der Waals surface area contributed by atoms with Crippen molar-refractivity contribution in [2.24, 2.45) is 0 Å². The van der Waals surface area contributed by atoms with E-state index in [9.17, 15) is 9.59 Å². The third kappa shape index (κ3) is 5.41. The van der Waals surface area contributed by atoms with Gasteiger partial charge in [0.1, 0.15) is 5.82 Å². The van der Waals surface area contributed by atoms with Crippen molar-refractivity contribution in [1.29, 1.82) is 0 Å². The number of amides is 1. The Morgan fingerprint density at radius 3 is 2.48 bits per heavy atom. The lowest BCUT2D eigenvalue weighted by molar-refractivity contribution is -0.130. The molecule has 0 saturated heterocycles. The zero-order valence-corrected chi connectivity index (χ0v) is 12.9. The van der Waals surface area contributed by atoms with Crippen molar-refractivity contribution in [3.8, 4) is 0 Å². The number of pyridine rings is 1. The van der Waals surface area contributed by atoms with E-state index in [4.69, 9.17) is 4.74 Å². The normalized spacial score (nSPS) is 10.0. The minimum absolute atomic E-state index is 0.121. The van der Waals surface area contributed by atoms with E-state index in [1.807, 2.05) is 13.8 Å². The highest BCUT2D eigenvalue weighted by Gasteiger charge is 2.09. The number of aromatic nitrogens is 1. The van der Waals surface area contributed by atoms with Gasteiger partial charge in [0.2, 0.25) is 5.91 Å². The summed E-state index contributed by atoms with van der Waals surface area (Å²) in [6, 6.07) is 3.35. The van der Waals surface area contributed by atoms with Crippen LogP contribution in [0.4, 0.5) is 5.82 Å². The number of nitrogens with zero attached hydrogens (tertiary/aromatic N) is 2. The van der Waals surface area contributed by atoms with Crippen LogP contribution in [-0.2, 0) is 9.53 Å². The Kier molecular flexibility index (Phi) is 7.21. The fraction of sp³-hybridized carbons (Fsp3) is 0.533. The summed E-state index contributed by atoms with van der Waals surface area (Å²) in [5.74, 6) is 0.374. The van der Waals surface area contributed by atoms with Gasteiger partial charge in [0, 0.05) is 32.3 Å². The number of hydrogen-bond donors (Lipinski definition) is 1. The lowest BCUT2D eigenvalue weighted by Crippen LogP contribution is -2.31. The van der Waals surface area contributed by atoms with Gasteiger partial charge in [0.15, 0.2) is 0 Å². The molecule has 0 aliphatic rings. The van der Waals surface area contributed by atoms with Gasteiger partial charge in [-0.1, -0.05) is 0 Å². The smallest absolute Gasteiger partial charge is 0.339 e. The Labute approximate surface area is 125 Å². The Morgan fingerprint density at radius 1 is 1.24 bits per heavy atom. The number of esters is 1. The van der Waals surface area contributed by atoms with Crippen molar-refractivity contribution in [2.75, 3.05) is 31.6 Å². The summed E-state index contributed by atoms with van der Waals surface area (Å²) in [6.07, 6.45) is 1.88. The third-order valence-electron chi connectivity index (χ3n) is 3.04. The summed E-state index contributed by atoms with van der Waals surface area (Å²) >= 11 is 0. The summed E-state index contributed by atoms with van der Waals surface area (Å²) < 4.78 is 4.88. The molecule has 0 fully saturated rings. The SMILES string of the molecule is CCOC(=O)c1ccc(NCCC(=O)N(CC)CC)nc1. The predicted octanol–water partition coefficient (Wildman–Crippen LogP) is 1.93. The second-order valence-electron chi connectivity index (χ2n) is 4.40. The number of carbonyl (C=O) groups excluding carboxylic acids is 2. The monoisotopic (exact) mass is 293 g/mol. The summed E-state index contributed by atoms with van der Waals surface area (Å²) in [6.45, 7) is 7.99. The Hall–Kier alpha value is -2.11. The average molecular weight is 293 g/mol. The van der Waals surface area contributed by atoms with E-state index in [1.54, 1.807) is 24.0 Å². The van der Waals surface area contributed by atoms with Gasteiger partial charge < -0.3 is 15.0 Å². The maximum Gasteiger partial charge on any atom is 0.339 e. The quantitative estimate of drug-likeness (QED) is 0.742. The molecule has 1 aromatic heterocycles. The molecular weight excluding hydrogens is 270 g/mol. The Bertz CT molecular complexity index is 456. The number of anilines is 1. The van der Waals surface area contributed by atoms with Crippen molar-refractivity contribution >= 4 is 17.7 Å². The van der Waals surface area contributed by atoms with E-state index in [-0.39, 0.29) is 11.9 Å². The van der Waals surface area contributed by atoms with Gasteiger partial charge >= 0.3 is 5.97 Å². The number of ether oxygens (including phenoxy) is 1. The van der Waals surface area contributed by atoms with Crippen LogP contribution in [0.25, 0.3) is 0 Å². The highest BCUT2D eigenvalue weighted by atomic mass is 16.5. The van der Waals surface area contributed by atoms with Crippen LogP contribution in [0.3, 0.4) is 0 Å². The predicted molar refractivity (Wildman–Crippen MR) is 81.2 cm³/mol. The molecule has 0 radical (unpaired) electrons. The molecule has 0 spiro atoms. The lowest BCUT2D eigenvalue weighted by atomic mass is 10.3. The van der Waals surface area contributed by atoms with Gasteiger partial charge in [0.25, 0.3) is 0 Å². The van der Waals surface area contributed by atoms with Gasteiger partial charge in [-0.2, -0.15) is 0 Å². The van der Waals surface area contributed by atoms with E-state index in [0.29, 0.717) is 31.0 Å². The van der Waals surface area contributed by atoms with Gasteiger partial charge in [-0.25, -0.2) is 9.78 Å². The maximum absolute atomic E-state index is 11.8. The summed E-state index contributed by atoms with van der Waals surface area (Å²) in [5, 5.41) is 3.07. The number of hydrogen-bond acceptors (Lipinski definition) is 5. The molecule has 0 unspecified atom stereocenters. The van der Waals surface area contributed by atoms with Crippen LogP contribution in [0.15, 0.2) is 18.3 Å². The van der Waals surface area contributed by atoms with Crippen molar-refractivity contribution < 1.29 is 14.3 Å². The molecule has 116 valence electrons. The highest BCUT2D eigenvalue weighted by molar-refractivity contribution is 5.89. The van der Waals surface area contributed by atoms with Crippen LogP contribution in [-0.4, -0.2) is 48.0 Å². The van der Waals surface area contributed by atoms with Crippen molar-refractivity contribution in [3.05, 3.63) is 23.9 Å². The molecule has 6 nitrogen and oxygen atoms in total. The molecule has 1 heterocycles. The molecule has 0 aliphatic carbocycles. The van der Waals surface area contributed by atoms with E-state index in [2.05, 4.69) is 10.3 Å². The molecule has 0 bridgehead atoms. The van der Waals surface area contributed by atoms with E-state index in [1.165, 1.54) is 6.20 Å². The number of nitrogens with one attached hydrogen (secondary N) is 1. The van der Waals surface area contributed by atoms with Crippen LogP contribution >= 0.6 is 0 Å². The summed E-state index contributed by atoms with van der Waals surface area (Å²) in [5.41, 5.74) is 0.418. The second-order valence-corrected chi connectivity index (χ2v) is 4.40. The molecule has 1 aromatic rings. The summed E-state index contributed by atoms with van der Waals surface area (Å²) in [4.78, 5) is 29.2. The standard InChI is InChI=1S/C15H23N3O3/c1-4-18(5-2)14(19)9-10-16-13-8-7-12(11-17-13)15(20)21-6-3/h7-8,11H,4-6,9-10H2,1-3H3,(H,16,17). The minimum atomic E-state index is -0.381. The highest BCUT2D eigenvalue weighted by Crippen LogP contribution is 2.06. The van der Waals surface area contributed by atoms with Crippen LogP contribution < -0.4 is 5.32 Å². The fourth-order valence-electron chi connectivity index (χ4n) is 1.87. The van der Waals surface area contributed by atoms with Crippen molar-refractivity contribution in [1.82, 2.24) is 9.88 Å². The molecule has 1 rings (SSSR count).